The molecule has 3 nitrogen and oxygen atoms in total. The Labute approximate surface area is 127 Å². The minimum atomic E-state index is 0.889. The summed E-state index contributed by atoms with van der Waals surface area (Å²) in [5.41, 5.74) is 4.00. The lowest BCUT2D eigenvalue weighted by molar-refractivity contribution is 0.723. The van der Waals surface area contributed by atoms with E-state index < -0.39 is 0 Å². The molecule has 1 N–H and O–H groups in total. The van der Waals surface area contributed by atoms with Crippen molar-refractivity contribution in [2.24, 2.45) is 0 Å². The molecule has 0 saturated heterocycles. The van der Waals surface area contributed by atoms with E-state index >= 15 is 0 Å². The van der Waals surface area contributed by atoms with E-state index in [0.29, 0.717) is 0 Å². The number of para-hydroxylation sites is 1. The van der Waals surface area contributed by atoms with E-state index in [1.54, 1.807) is 0 Å². The van der Waals surface area contributed by atoms with Crippen molar-refractivity contribution in [1.29, 1.82) is 0 Å². The van der Waals surface area contributed by atoms with Crippen LogP contribution in [0.5, 0.6) is 0 Å². The van der Waals surface area contributed by atoms with Gasteiger partial charge in [-0.3, -0.25) is 0 Å². The van der Waals surface area contributed by atoms with E-state index in [1.807, 2.05) is 6.20 Å². The van der Waals surface area contributed by atoms with Crippen LogP contribution in [0.4, 0.5) is 11.5 Å². The first-order valence-electron chi connectivity index (χ1n) is 7.89. The lowest BCUT2D eigenvalue weighted by atomic mass is 10.1. The van der Waals surface area contributed by atoms with E-state index in [9.17, 15) is 0 Å². The van der Waals surface area contributed by atoms with Crippen molar-refractivity contribution in [2.75, 3.05) is 18.0 Å². The van der Waals surface area contributed by atoms with Crippen molar-refractivity contribution in [3.63, 3.8) is 0 Å². The van der Waals surface area contributed by atoms with Gasteiger partial charge in [-0.25, -0.2) is 4.98 Å². The zero-order valence-electron chi connectivity index (χ0n) is 12.7. The summed E-state index contributed by atoms with van der Waals surface area (Å²) in [6, 6.07) is 13.0. The molecule has 1 aromatic carbocycles. The molecule has 0 aliphatic carbocycles. The SMILES string of the molecule is CCNCc1ccc(N2CCCCc3ccccc32)nc1. The number of benzene rings is 1. The molecule has 3 rings (SSSR count). The number of aryl methyl sites for hydroxylation is 1. The third kappa shape index (κ3) is 3.24. The van der Waals surface area contributed by atoms with E-state index in [4.69, 9.17) is 0 Å². The van der Waals surface area contributed by atoms with Crippen LogP contribution in [0, 0.1) is 0 Å². The summed E-state index contributed by atoms with van der Waals surface area (Å²) in [6.45, 7) is 5.05. The molecule has 3 heteroatoms. The quantitative estimate of drug-likeness (QED) is 0.927. The fourth-order valence-electron chi connectivity index (χ4n) is 2.88. The summed E-state index contributed by atoms with van der Waals surface area (Å²) in [5, 5.41) is 3.34. The topological polar surface area (TPSA) is 28.2 Å². The molecule has 21 heavy (non-hydrogen) atoms. The van der Waals surface area contributed by atoms with Crippen LogP contribution in [-0.4, -0.2) is 18.1 Å². The number of nitrogens with zero attached hydrogens (tertiary/aromatic N) is 2. The van der Waals surface area contributed by atoms with Gasteiger partial charge < -0.3 is 10.2 Å². The Kier molecular flexibility index (Phi) is 4.51. The molecule has 1 aliphatic heterocycles. The average molecular weight is 281 g/mol. The summed E-state index contributed by atoms with van der Waals surface area (Å²) in [5.74, 6) is 1.06. The van der Waals surface area contributed by atoms with Crippen molar-refractivity contribution in [2.45, 2.75) is 32.7 Å². The second-order valence-electron chi connectivity index (χ2n) is 5.54. The fourth-order valence-corrected chi connectivity index (χ4v) is 2.88. The van der Waals surface area contributed by atoms with Gasteiger partial charge in [-0.15, -0.1) is 0 Å². The molecule has 2 aromatic rings. The Hall–Kier alpha value is -1.87. The molecular weight excluding hydrogens is 258 g/mol. The molecule has 0 atom stereocenters. The molecule has 0 saturated carbocycles. The highest BCUT2D eigenvalue weighted by Crippen LogP contribution is 2.31. The van der Waals surface area contributed by atoms with Gasteiger partial charge in [0.2, 0.25) is 0 Å². The number of hydrogen-bond donors (Lipinski definition) is 1. The average Bonchev–Trinajstić information content (AvgIpc) is 2.76. The smallest absolute Gasteiger partial charge is 0.132 e. The Morgan fingerprint density at radius 1 is 1.14 bits per heavy atom. The molecule has 0 bridgehead atoms. The predicted molar refractivity (Wildman–Crippen MR) is 88.0 cm³/mol. The van der Waals surface area contributed by atoms with Crippen LogP contribution in [0.1, 0.15) is 30.9 Å². The zero-order chi connectivity index (χ0) is 14.5. The second-order valence-corrected chi connectivity index (χ2v) is 5.54. The van der Waals surface area contributed by atoms with E-state index in [-0.39, 0.29) is 0 Å². The number of rotatable bonds is 4. The molecule has 1 aliphatic rings. The normalized spacial score (nSPS) is 14.6. The van der Waals surface area contributed by atoms with Gasteiger partial charge in [-0.05, 0) is 49.1 Å². The third-order valence-corrected chi connectivity index (χ3v) is 4.03. The summed E-state index contributed by atoms with van der Waals surface area (Å²) in [6.07, 6.45) is 5.64. The molecule has 0 unspecified atom stereocenters. The van der Waals surface area contributed by atoms with Gasteiger partial charge in [0.05, 0.1) is 0 Å². The summed E-state index contributed by atoms with van der Waals surface area (Å²) >= 11 is 0. The maximum absolute atomic E-state index is 4.68. The van der Waals surface area contributed by atoms with Crippen LogP contribution in [0.3, 0.4) is 0 Å². The second kappa shape index (κ2) is 6.72. The van der Waals surface area contributed by atoms with Gasteiger partial charge in [0.15, 0.2) is 0 Å². The Balaban J connectivity index is 1.86. The van der Waals surface area contributed by atoms with Crippen LogP contribution in [0.25, 0.3) is 0 Å². The van der Waals surface area contributed by atoms with Gasteiger partial charge in [0, 0.05) is 25.0 Å². The maximum atomic E-state index is 4.68. The lowest BCUT2D eigenvalue weighted by Crippen LogP contribution is -2.19. The van der Waals surface area contributed by atoms with Gasteiger partial charge in [0.1, 0.15) is 5.82 Å². The van der Waals surface area contributed by atoms with Gasteiger partial charge in [-0.1, -0.05) is 31.2 Å². The van der Waals surface area contributed by atoms with Crippen molar-refractivity contribution in [3.8, 4) is 0 Å². The highest BCUT2D eigenvalue weighted by molar-refractivity contribution is 5.64. The Morgan fingerprint density at radius 3 is 2.86 bits per heavy atom. The third-order valence-electron chi connectivity index (χ3n) is 4.03. The number of anilines is 2. The lowest BCUT2D eigenvalue weighted by Gasteiger charge is -2.24. The van der Waals surface area contributed by atoms with Gasteiger partial charge >= 0.3 is 0 Å². The van der Waals surface area contributed by atoms with Crippen LogP contribution in [-0.2, 0) is 13.0 Å². The molecule has 0 amide bonds. The molecule has 0 fully saturated rings. The predicted octanol–water partition coefficient (Wildman–Crippen LogP) is 3.67. The molecule has 0 radical (unpaired) electrons. The molecule has 110 valence electrons. The van der Waals surface area contributed by atoms with Crippen LogP contribution < -0.4 is 10.2 Å². The number of fused-ring (bicyclic) bond motifs is 1. The van der Waals surface area contributed by atoms with Crippen LogP contribution >= 0.6 is 0 Å². The Bertz CT molecular complexity index is 577. The number of nitrogens with one attached hydrogen (secondary N) is 1. The first kappa shape index (κ1) is 14.1. The fraction of sp³-hybridized carbons (Fsp3) is 0.389. The molecule has 1 aromatic heterocycles. The maximum Gasteiger partial charge on any atom is 0.132 e. The van der Waals surface area contributed by atoms with Crippen LogP contribution in [0.2, 0.25) is 0 Å². The summed E-state index contributed by atoms with van der Waals surface area (Å²) in [7, 11) is 0. The summed E-state index contributed by atoms with van der Waals surface area (Å²) in [4.78, 5) is 7.04. The largest absolute Gasteiger partial charge is 0.326 e. The molecular formula is C18H23N3. The number of pyridine rings is 1. The van der Waals surface area contributed by atoms with Gasteiger partial charge in [0.25, 0.3) is 0 Å². The number of hydrogen-bond acceptors (Lipinski definition) is 3. The van der Waals surface area contributed by atoms with Crippen molar-refractivity contribution >= 4 is 11.5 Å². The first-order valence-corrected chi connectivity index (χ1v) is 7.89. The summed E-state index contributed by atoms with van der Waals surface area (Å²) < 4.78 is 0. The monoisotopic (exact) mass is 281 g/mol. The molecule has 0 spiro atoms. The van der Waals surface area contributed by atoms with Gasteiger partial charge in [-0.2, -0.15) is 0 Å². The molecule has 2 heterocycles. The minimum absolute atomic E-state index is 0.889. The standard InChI is InChI=1S/C18H23N3/c1-2-19-13-15-10-11-18(20-14-15)21-12-6-5-8-16-7-3-4-9-17(16)21/h3-4,7,9-11,14,19H,2,5-6,8,12-13H2,1H3. The minimum Gasteiger partial charge on any atom is -0.326 e. The number of aromatic nitrogens is 1. The van der Waals surface area contributed by atoms with Crippen molar-refractivity contribution < 1.29 is 0 Å². The van der Waals surface area contributed by atoms with E-state index in [2.05, 4.69) is 58.5 Å². The zero-order valence-corrected chi connectivity index (χ0v) is 12.7. The van der Waals surface area contributed by atoms with Crippen molar-refractivity contribution in [3.05, 3.63) is 53.7 Å². The highest BCUT2D eigenvalue weighted by Gasteiger charge is 2.16. The van der Waals surface area contributed by atoms with Crippen LogP contribution in [0.15, 0.2) is 42.6 Å². The first-order chi connectivity index (χ1) is 10.4. The van der Waals surface area contributed by atoms with E-state index in [0.717, 1.165) is 25.5 Å². The van der Waals surface area contributed by atoms with Crippen molar-refractivity contribution in [1.82, 2.24) is 10.3 Å². The Morgan fingerprint density at radius 2 is 2.05 bits per heavy atom. The van der Waals surface area contributed by atoms with E-state index in [1.165, 1.54) is 36.1 Å². The highest BCUT2D eigenvalue weighted by atomic mass is 15.2.